The van der Waals surface area contributed by atoms with E-state index >= 15 is 0 Å². The minimum Gasteiger partial charge on any atom is -0.369 e. The number of rotatable bonds is 5. The van der Waals surface area contributed by atoms with Gasteiger partial charge >= 0.3 is 0 Å². The van der Waals surface area contributed by atoms with Gasteiger partial charge in [-0.2, -0.15) is 5.26 Å². The summed E-state index contributed by atoms with van der Waals surface area (Å²) in [6, 6.07) is 9.91. The lowest BCUT2D eigenvalue weighted by Gasteiger charge is -2.39. The molecule has 3 rings (SSSR count). The fraction of sp³-hybridized carbons (Fsp3) is 0.500. The number of piperidine rings is 1. The average molecular weight is 380 g/mol. The molecule has 28 heavy (non-hydrogen) atoms. The zero-order valence-corrected chi connectivity index (χ0v) is 16.9. The summed E-state index contributed by atoms with van der Waals surface area (Å²) in [7, 11) is 0. The molecule has 1 aromatic carbocycles. The molecule has 148 valence electrons. The number of nitrogens with zero attached hydrogens (tertiary/aromatic N) is 3. The Morgan fingerprint density at radius 1 is 1.39 bits per heavy atom. The molecule has 6 nitrogen and oxygen atoms in total. The number of anilines is 1. The lowest BCUT2D eigenvalue weighted by atomic mass is 9.94. The number of pyridine rings is 1. The van der Waals surface area contributed by atoms with Crippen LogP contribution < -0.4 is 16.0 Å². The van der Waals surface area contributed by atoms with Gasteiger partial charge in [0.1, 0.15) is 6.07 Å². The molecule has 0 aliphatic carbocycles. The molecule has 2 aromatic rings. The number of carbonyl (C=O) groups excluding carboxylic acids is 1. The third-order valence-corrected chi connectivity index (χ3v) is 5.51. The van der Waals surface area contributed by atoms with Crippen LogP contribution in [0, 0.1) is 23.2 Å². The number of benzene rings is 1. The summed E-state index contributed by atoms with van der Waals surface area (Å²) >= 11 is 0. The van der Waals surface area contributed by atoms with E-state index in [1.165, 1.54) is 0 Å². The summed E-state index contributed by atoms with van der Waals surface area (Å²) in [6.07, 6.45) is 3.02. The Morgan fingerprint density at radius 2 is 2.18 bits per heavy atom. The van der Waals surface area contributed by atoms with Crippen molar-refractivity contribution in [3.05, 3.63) is 36.0 Å². The Bertz CT molecular complexity index is 888. The van der Waals surface area contributed by atoms with Crippen LogP contribution in [0.4, 0.5) is 5.69 Å². The van der Waals surface area contributed by atoms with Gasteiger partial charge < -0.3 is 16.0 Å². The van der Waals surface area contributed by atoms with Gasteiger partial charge in [0.2, 0.25) is 5.91 Å². The fourth-order valence-electron chi connectivity index (χ4n) is 3.91. The number of fused-ring (bicyclic) bond motifs is 1. The second-order valence-electron chi connectivity index (χ2n) is 8.27. The molecule has 1 fully saturated rings. The van der Waals surface area contributed by atoms with Crippen molar-refractivity contribution < 1.29 is 4.79 Å². The maximum atomic E-state index is 12.4. The number of amides is 1. The number of hydrogen-bond acceptors (Lipinski definition) is 5. The minimum absolute atomic E-state index is 0.0200. The van der Waals surface area contributed by atoms with E-state index in [-0.39, 0.29) is 23.9 Å². The van der Waals surface area contributed by atoms with Crippen LogP contribution in [0.3, 0.4) is 0 Å². The molecule has 1 amide bonds. The topological polar surface area (TPSA) is 95.0 Å². The Kier molecular flexibility index (Phi) is 6.15. The molecule has 0 spiro atoms. The van der Waals surface area contributed by atoms with Gasteiger partial charge in [-0.15, -0.1) is 0 Å². The Labute approximate surface area is 166 Å². The normalized spacial score (nSPS) is 20.8. The zero-order chi connectivity index (χ0) is 20.3. The Morgan fingerprint density at radius 3 is 2.89 bits per heavy atom. The zero-order valence-electron chi connectivity index (χ0n) is 16.9. The highest BCUT2D eigenvalue weighted by atomic mass is 16.1. The third kappa shape index (κ3) is 4.42. The summed E-state index contributed by atoms with van der Waals surface area (Å²) in [5, 5.41) is 13.5. The van der Waals surface area contributed by atoms with Gasteiger partial charge in [-0.1, -0.05) is 20.8 Å². The molecule has 1 aliphatic rings. The number of aromatic nitrogens is 1. The standard InChI is InChI=1S/C22H29N5O/c1-14(2)19(24)10-21(28)26-17-9-15(3)12-27(13-17)20-7-6-16(11-23)22-18(20)5-4-8-25-22/h4-8,14-15,17,19H,9-10,12-13,24H2,1-3H3,(H,26,28)/t15-,17+,19+/m0/s1. The first kappa shape index (κ1) is 20.1. The number of nitrogens with two attached hydrogens (primary N) is 1. The highest BCUT2D eigenvalue weighted by molar-refractivity contribution is 5.95. The van der Waals surface area contributed by atoms with E-state index in [2.05, 4.69) is 28.2 Å². The van der Waals surface area contributed by atoms with Crippen molar-refractivity contribution in [2.45, 2.75) is 45.7 Å². The van der Waals surface area contributed by atoms with Gasteiger partial charge in [0, 0.05) is 48.9 Å². The highest BCUT2D eigenvalue weighted by Gasteiger charge is 2.28. The number of carbonyl (C=O) groups is 1. The second-order valence-corrected chi connectivity index (χ2v) is 8.27. The maximum Gasteiger partial charge on any atom is 0.221 e. The first-order chi connectivity index (χ1) is 13.4. The summed E-state index contributed by atoms with van der Waals surface area (Å²) in [4.78, 5) is 19.1. The first-order valence-electron chi connectivity index (χ1n) is 9.96. The Hall–Kier alpha value is -2.65. The molecule has 6 heteroatoms. The number of hydrogen-bond donors (Lipinski definition) is 2. The molecular weight excluding hydrogens is 350 g/mol. The first-order valence-corrected chi connectivity index (χ1v) is 9.96. The molecule has 0 saturated carbocycles. The molecule has 1 saturated heterocycles. The molecular formula is C22H29N5O. The van der Waals surface area contributed by atoms with Crippen LogP contribution in [-0.2, 0) is 4.79 Å². The van der Waals surface area contributed by atoms with Gasteiger partial charge in [0.05, 0.1) is 11.1 Å². The van der Waals surface area contributed by atoms with E-state index in [0.29, 0.717) is 17.9 Å². The smallest absolute Gasteiger partial charge is 0.221 e. The predicted octanol–water partition coefficient (Wildman–Crippen LogP) is 2.81. The summed E-state index contributed by atoms with van der Waals surface area (Å²) in [6.45, 7) is 7.92. The summed E-state index contributed by atoms with van der Waals surface area (Å²) in [5.74, 6) is 0.747. The number of nitriles is 1. The van der Waals surface area contributed by atoms with E-state index < -0.39 is 0 Å². The monoisotopic (exact) mass is 379 g/mol. The van der Waals surface area contributed by atoms with E-state index in [9.17, 15) is 10.1 Å². The van der Waals surface area contributed by atoms with Crippen LogP contribution in [0.1, 0.15) is 39.2 Å². The van der Waals surface area contributed by atoms with Crippen molar-refractivity contribution in [2.24, 2.45) is 17.6 Å². The minimum atomic E-state index is -0.120. The van der Waals surface area contributed by atoms with Crippen molar-refractivity contribution in [2.75, 3.05) is 18.0 Å². The number of nitrogens with one attached hydrogen (secondary N) is 1. The van der Waals surface area contributed by atoms with Gasteiger partial charge in [-0.05, 0) is 42.5 Å². The maximum absolute atomic E-state index is 12.4. The summed E-state index contributed by atoms with van der Waals surface area (Å²) < 4.78 is 0. The van der Waals surface area contributed by atoms with E-state index in [0.717, 1.165) is 36.1 Å². The van der Waals surface area contributed by atoms with Crippen LogP contribution in [0.15, 0.2) is 30.5 Å². The quantitative estimate of drug-likeness (QED) is 0.833. The van der Waals surface area contributed by atoms with Crippen molar-refractivity contribution in [1.29, 1.82) is 5.26 Å². The van der Waals surface area contributed by atoms with Crippen LogP contribution >= 0.6 is 0 Å². The second kappa shape index (κ2) is 8.57. The van der Waals surface area contributed by atoms with Gasteiger partial charge in [-0.3, -0.25) is 9.78 Å². The lowest BCUT2D eigenvalue weighted by molar-refractivity contribution is -0.122. The van der Waals surface area contributed by atoms with Crippen LogP contribution in [0.5, 0.6) is 0 Å². The van der Waals surface area contributed by atoms with Gasteiger partial charge in [-0.25, -0.2) is 0 Å². The highest BCUT2D eigenvalue weighted by Crippen LogP contribution is 2.31. The van der Waals surface area contributed by atoms with E-state index in [1.807, 2.05) is 38.1 Å². The summed E-state index contributed by atoms with van der Waals surface area (Å²) in [5.41, 5.74) is 8.42. The van der Waals surface area contributed by atoms with Crippen molar-refractivity contribution in [3.63, 3.8) is 0 Å². The molecule has 1 aromatic heterocycles. The molecule has 3 atom stereocenters. The molecule has 0 bridgehead atoms. The van der Waals surface area contributed by atoms with Gasteiger partial charge in [0.25, 0.3) is 0 Å². The van der Waals surface area contributed by atoms with Crippen molar-refractivity contribution in [1.82, 2.24) is 10.3 Å². The molecule has 2 heterocycles. The fourth-order valence-corrected chi connectivity index (χ4v) is 3.91. The van der Waals surface area contributed by atoms with Crippen LogP contribution in [-0.4, -0.2) is 36.1 Å². The lowest BCUT2D eigenvalue weighted by Crippen LogP contribution is -2.51. The molecule has 0 unspecified atom stereocenters. The molecule has 0 radical (unpaired) electrons. The SMILES string of the molecule is CC(C)[C@H](N)CC(=O)N[C@@H]1C[C@H](C)CN(c2ccc(C#N)c3ncccc23)C1. The molecule has 1 aliphatic heterocycles. The predicted molar refractivity (Wildman–Crippen MR) is 112 cm³/mol. The van der Waals surface area contributed by atoms with Gasteiger partial charge in [0.15, 0.2) is 0 Å². The van der Waals surface area contributed by atoms with Crippen molar-refractivity contribution >= 4 is 22.5 Å². The van der Waals surface area contributed by atoms with E-state index in [4.69, 9.17) is 5.73 Å². The largest absolute Gasteiger partial charge is 0.369 e. The van der Waals surface area contributed by atoms with Crippen molar-refractivity contribution in [3.8, 4) is 6.07 Å². The van der Waals surface area contributed by atoms with Crippen LogP contribution in [0.25, 0.3) is 10.9 Å². The molecule has 3 N–H and O–H groups in total. The third-order valence-electron chi connectivity index (χ3n) is 5.51. The van der Waals surface area contributed by atoms with E-state index in [1.54, 1.807) is 6.20 Å². The van der Waals surface area contributed by atoms with Crippen LogP contribution in [0.2, 0.25) is 0 Å². The Balaban J connectivity index is 1.79. The average Bonchev–Trinajstić information content (AvgIpc) is 2.66.